The molecule has 0 heterocycles. The van der Waals surface area contributed by atoms with Crippen LogP contribution in [0.15, 0.2) is 30.3 Å². The number of amides is 3. The van der Waals surface area contributed by atoms with E-state index in [1.807, 2.05) is 37.3 Å². The summed E-state index contributed by atoms with van der Waals surface area (Å²) in [7, 11) is 0. The zero-order chi connectivity index (χ0) is 15.8. The van der Waals surface area contributed by atoms with Gasteiger partial charge in [-0.05, 0) is 17.9 Å². The van der Waals surface area contributed by atoms with Gasteiger partial charge in [-0.15, -0.1) is 0 Å². The van der Waals surface area contributed by atoms with Crippen LogP contribution in [0.5, 0.6) is 0 Å². The Bertz CT molecular complexity index is 486. The zero-order valence-electron chi connectivity index (χ0n) is 12.1. The minimum Gasteiger partial charge on any atom is -0.368 e. The van der Waals surface area contributed by atoms with Crippen LogP contribution in [0.3, 0.4) is 0 Å². The van der Waals surface area contributed by atoms with Crippen molar-refractivity contribution in [3.05, 3.63) is 35.9 Å². The molecule has 0 radical (unpaired) electrons. The Balaban J connectivity index is 2.78. The molecule has 0 spiro atoms. The van der Waals surface area contributed by atoms with Crippen molar-refractivity contribution in [2.45, 2.75) is 25.7 Å². The van der Waals surface area contributed by atoms with E-state index in [0.29, 0.717) is 0 Å². The molecule has 0 aliphatic carbocycles. The maximum absolute atomic E-state index is 12.3. The molecule has 3 amide bonds. The molecule has 0 saturated carbocycles. The number of carbonyl (C=O) groups excluding carboxylic acids is 3. The Morgan fingerprint density at radius 3 is 2.00 bits per heavy atom. The normalized spacial score (nSPS) is 11.7. The fraction of sp³-hybridized carbons (Fsp3) is 0.400. The van der Waals surface area contributed by atoms with E-state index in [2.05, 4.69) is 0 Å². The number of carbonyl (C=O) groups is 3. The first-order valence-corrected chi connectivity index (χ1v) is 6.83. The van der Waals surface area contributed by atoms with Crippen molar-refractivity contribution in [2.24, 2.45) is 11.5 Å². The minimum absolute atomic E-state index is 0.0296. The molecule has 0 bridgehead atoms. The van der Waals surface area contributed by atoms with Gasteiger partial charge in [0.05, 0.1) is 13.1 Å². The summed E-state index contributed by atoms with van der Waals surface area (Å²) in [5.74, 6) is -1.61. The first-order valence-electron chi connectivity index (χ1n) is 6.83. The molecular weight excluding hydrogens is 270 g/mol. The summed E-state index contributed by atoms with van der Waals surface area (Å²) >= 11 is 0. The van der Waals surface area contributed by atoms with Crippen LogP contribution in [-0.4, -0.2) is 35.7 Å². The molecule has 4 N–H and O–H groups in total. The van der Waals surface area contributed by atoms with E-state index in [-0.39, 0.29) is 31.3 Å². The number of hydrogen-bond donors (Lipinski definition) is 2. The van der Waals surface area contributed by atoms with E-state index in [4.69, 9.17) is 11.5 Å². The highest BCUT2D eigenvalue weighted by atomic mass is 16.2. The van der Waals surface area contributed by atoms with Gasteiger partial charge in [0.2, 0.25) is 17.7 Å². The molecule has 1 rings (SSSR count). The van der Waals surface area contributed by atoms with Crippen LogP contribution in [0.2, 0.25) is 0 Å². The monoisotopic (exact) mass is 291 g/mol. The summed E-state index contributed by atoms with van der Waals surface area (Å²) in [4.78, 5) is 35.4. The minimum atomic E-state index is -0.669. The molecule has 1 atom stereocenters. The topological polar surface area (TPSA) is 106 Å². The highest BCUT2D eigenvalue weighted by molar-refractivity contribution is 5.88. The number of hydrogen-bond acceptors (Lipinski definition) is 3. The van der Waals surface area contributed by atoms with Gasteiger partial charge in [-0.3, -0.25) is 14.4 Å². The molecule has 1 aromatic rings. The summed E-state index contributed by atoms with van der Waals surface area (Å²) in [6.45, 7) is 1.39. The summed E-state index contributed by atoms with van der Waals surface area (Å²) in [6.07, 6.45) is 0.984. The van der Waals surface area contributed by atoms with Crippen molar-refractivity contribution in [3.8, 4) is 0 Å². The lowest BCUT2D eigenvalue weighted by atomic mass is 9.93. The average molecular weight is 291 g/mol. The zero-order valence-corrected chi connectivity index (χ0v) is 12.1. The third-order valence-corrected chi connectivity index (χ3v) is 3.23. The van der Waals surface area contributed by atoms with E-state index in [0.717, 1.165) is 16.9 Å². The predicted molar refractivity (Wildman–Crippen MR) is 79.1 cm³/mol. The Labute approximate surface area is 124 Å². The van der Waals surface area contributed by atoms with Crippen molar-refractivity contribution >= 4 is 17.7 Å². The summed E-state index contributed by atoms with van der Waals surface area (Å²) in [5, 5.41) is 0. The van der Waals surface area contributed by atoms with Gasteiger partial charge in [0, 0.05) is 6.42 Å². The van der Waals surface area contributed by atoms with E-state index >= 15 is 0 Å². The number of rotatable bonds is 8. The van der Waals surface area contributed by atoms with E-state index in [1.165, 1.54) is 0 Å². The second-order valence-corrected chi connectivity index (χ2v) is 4.90. The van der Waals surface area contributed by atoms with Crippen molar-refractivity contribution in [1.82, 2.24) is 4.90 Å². The van der Waals surface area contributed by atoms with Crippen molar-refractivity contribution in [3.63, 3.8) is 0 Å². The number of benzene rings is 1. The van der Waals surface area contributed by atoms with Crippen molar-refractivity contribution < 1.29 is 14.4 Å². The van der Waals surface area contributed by atoms with E-state index in [1.54, 1.807) is 0 Å². The molecule has 1 unspecified atom stereocenters. The number of nitrogens with two attached hydrogens (primary N) is 2. The largest absolute Gasteiger partial charge is 0.368 e. The van der Waals surface area contributed by atoms with E-state index < -0.39 is 11.8 Å². The van der Waals surface area contributed by atoms with Crippen LogP contribution in [0.25, 0.3) is 0 Å². The third-order valence-electron chi connectivity index (χ3n) is 3.23. The molecule has 6 heteroatoms. The van der Waals surface area contributed by atoms with Crippen LogP contribution in [0.1, 0.15) is 31.2 Å². The molecule has 6 nitrogen and oxygen atoms in total. The van der Waals surface area contributed by atoms with Gasteiger partial charge >= 0.3 is 0 Å². The standard InChI is InChI=1S/C15H21N3O3/c1-2-11(12-6-4-3-5-7-12)8-15(21)18(9-13(16)19)10-14(17)20/h3-7,11H,2,8-10H2,1H3,(H2,16,19)(H2,17,20). The highest BCUT2D eigenvalue weighted by Gasteiger charge is 2.21. The van der Waals surface area contributed by atoms with Crippen LogP contribution in [-0.2, 0) is 14.4 Å². The SMILES string of the molecule is CCC(CC(=O)N(CC(N)=O)CC(N)=O)c1ccccc1. The first-order chi connectivity index (χ1) is 9.93. The Hall–Kier alpha value is -2.37. The van der Waals surface area contributed by atoms with Crippen LogP contribution in [0, 0.1) is 0 Å². The maximum atomic E-state index is 12.3. The maximum Gasteiger partial charge on any atom is 0.237 e. The fourth-order valence-electron chi connectivity index (χ4n) is 2.17. The van der Waals surface area contributed by atoms with Crippen molar-refractivity contribution in [2.75, 3.05) is 13.1 Å². The lowest BCUT2D eigenvalue weighted by molar-refractivity contribution is -0.138. The van der Waals surface area contributed by atoms with Crippen LogP contribution >= 0.6 is 0 Å². The highest BCUT2D eigenvalue weighted by Crippen LogP contribution is 2.23. The molecule has 21 heavy (non-hydrogen) atoms. The Morgan fingerprint density at radius 1 is 1.05 bits per heavy atom. The van der Waals surface area contributed by atoms with Gasteiger partial charge < -0.3 is 16.4 Å². The lowest BCUT2D eigenvalue weighted by Crippen LogP contribution is -2.43. The van der Waals surface area contributed by atoms with Gasteiger partial charge in [0.15, 0.2) is 0 Å². The Morgan fingerprint density at radius 2 is 1.57 bits per heavy atom. The molecule has 114 valence electrons. The Kier molecular flexibility index (Phi) is 6.39. The van der Waals surface area contributed by atoms with Crippen LogP contribution in [0.4, 0.5) is 0 Å². The molecule has 1 aromatic carbocycles. The lowest BCUT2D eigenvalue weighted by Gasteiger charge is -2.22. The average Bonchev–Trinajstić information content (AvgIpc) is 2.43. The van der Waals surface area contributed by atoms with Gasteiger partial charge in [0.1, 0.15) is 0 Å². The second-order valence-electron chi connectivity index (χ2n) is 4.90. The van der Waals surface area contributed by atoms with Crippen molar-refractivity contribution in [1.29, 1.82) is 0 Å². The van der Waals surface area contributed by atoms with Gasteiger partial charge in [-0.25, -0.2) is 0 Å². The summed E-state index contributed by atoms with van der Waals surface area (Å²) in [5.41, 5.74) is 11.2. The molecule has 0 aromatic heterocycles. The number of primary amides is 2. The second kappa shape index (κ2) is 8.04. The molecular formula is C15H21N3O3. The van der Waals surface area contributed by atoms with Gasteiger partial charge in [-0.1, -0.05) is 37.3 Å². The smallest absolute Gasteiger partial charge is 0.237 e. The molecule has 0 aliphatic heterocycles. The van der Waals surface area contributed by atoms with Gasteiger partial charge in [0.25, 0.3) is 0 Å². The number of nitrogens with zero attached hydrogens (tertiary/aromatic N) is 1. The predicted octanol–water partition coefficient (Wildman–Crippen LogP) is 0.370. The van der Waals surface area contributed by atoms with Crippen LogP contribution < -0.4 is 11.5 Å². The fourth-order valence-corrected chi connectivity index (χ4v) is 2.17. The summed E-state index contributed by atoms with van der Waals surface area (Å²) < 4.78 is 0. The first kappa shape index (κ1) is 16.7. The third kappa shape index (κ3) is 5.64. The summed E-state index contributed by atoms with van der Waals surface area (Å²) in [6, 6.07) is 9.63. The van der Waals surface area contributed by atoms with Gasteiger partial charge in [-0.2, -0.15) is 0 Å². The molecule has 0 saturated heterocycles. The molecule has 0 fully saturated rings. The molecule has 0 aliphatic rings. The quantitative estimate of drug-likeness (QED) is 0.722. The van der Waals surface area contributed by atoms with E-state index in [9.17, 15) is 14.4 Å².